The fourth-order valence-corrected chi connectivity index (χ4v) is 3.99. The third-order valence-corrected chi connectivity index (χ3v) is 5.33. The highest BCUT2D eigenvalue weighted by Crippen LogP contribution is 2.49. The van der Waals surface area contributed by atoms with Crippen LogP contribution in [0.4, 0.5) is 6.01 Å². The first kappa shape index (κ1) is 15.0. The van der Waals surface area contributed by atoms with E-state index in [0.717, 1.165) is 30.6 Å². The molecule has 0 unspecified atom stereocenters. The van der Waals surface area contributed by atoms with Crippen LogP contribution in [0.25, 0.3) is 11.4 Å². The van der Waals surface area contributed by atoms with Crippen LogP contribution in [0.2, 0.25) is 0 Å². The topological polar surface area (TPSA) is 88.7 Å². The van der Waals surface area contributed by atoms with Gasteiger partial charge in [0.15, 0.2) is 0 Å². The van der Waals surface area contributed by atoms with E-state index in [1.807, 2.05) is 29.2 Å². The Bertz CT molecular complexity index is 757. The van der Waals surface area contributed by atoms with Crippen molar-refractivity contribution in [1.29, 1.82) is 0 Å². The molecular formula is C17H19N3O4. The molecular weight excluding hydrogens is 310 g/mol. The first-order chi connectivity index (χ1) is 11.6. The Balaban J connectivity index is 1.56. The summed E-state index contributed by atoms with van der Waals surface area (Å²) in [6.45, 7) is 1.10. The van der Waals surface area contributed by atoms with Crippen molar-refractivity contribution in [3.8, 4) is 17.1 Å². The quantitative estimate of drug-likeness (QED) is 0.921. The molecule has 0 spiro atoms. The number of rotatable bonds is 4. The Kier molecular flexibility index (Phi) is 3.44. The van der Waals surface area contributed by atoms with Crippen molar-refractivity contribution in [3.63, 3.8) is 0 Å². The molecule has 1 aromatic heterocycles. The summed E-state index contributed by atoms with van der Waals surface area (Å²) in [5.74, 6) is 0.709. The minimum atomic E-state index is -0.706. The maximum atomic E-state index is 11.8. The number of hydrogen-bond acceptors (Lipinski definition) is 6. The average molecular weight is 329 g/mol. The van der Waals surface area contributed by atoms with Crippen molar-refractivity contribution >= 4 is 12.0 Å². The lowest BCUT2D eigenvalue weighted by Crippen LogP contribution is -2.35. The van der Waals surface area contributed by atoms with E-state index in [-0.39, 0.29) is 5.92 Å². The molecule has 126 valence electrons. The lowest BCUT2D eigenvalue weighted by molar-refractivity contribution is -0.149. The molecule has 1 aliphatic carbocycles. The van der Waals surface area contributed by atoms with Gasteiger partial charge in [-0.1, -0.05) is 11.6 Å². The molecule has 0 bridgehead atoms. The van der Waals surface area contributed by atoms with Crippen molar-refractivity contribution in [2.75, 3.05) is 25.1 Å². The molecule has 2 atom stereocenters. The molecule has 1 aromatic carbocycles. The number of aromatic nitrogens is 2. The number of ether oxygens (including phenoxy) is 1. The van der Waals surface area contributed by atoms with Crippen LogP contribution >= 0.6 is 0 Å². The largest absolute Gasteiger partial charge is 0.497 e. The number of carbonyl (C=O) groups is 1. The van der Waals surface area contributed by atoms with Gasteiger partial charge in [0, 0.05) is 18.7 Å². The van der Waals surface area contributed by atoms with Crippen molar-refractivity contribution in [1.82, 2.24) is 10.1 Å². The van der Waals surface area contributed by atoms with E-state index in [1.54, 1.807) is 7.11 Å². The standard InChI is InChI=1S/C17H19N3O4/c1-23-13-6-4-11(5-7-13)14-18-16(24-19-14)20-9-12-3-2-8-17(12,10-20)15(21)22/h4-7,12H,2-3,8-10H2,1H3,(H,21,22)/t12-,17+/m0/s1. The van der Waals surface area contributed by atoms with Crippen LogP contribution in [0.1, 0.15) is 19.3 Å². The molecule has 1 saturated carbocycles. The summed E-state index contributed by atoms with van der Waals surface area (Å²) >= 11 is 0. The SMILES string of the molecule is COc1ccc(-c2noc(N3C[C@@H]4CCC[C@@]4(C(=O)O)C3)n2)cc1. The zero-order valence-electron chi connectivity index (χ0n) is 13.4. The molecule has 2 aromatic rings. The van der Waals surface area contributed by atoms with Gasteiger partial charge in [0.05, 0.1) is 12.5 Å². The van der Waals surface area contributed by atoms with E-state index < -0.39 is 11.4 Å². The van der Waals surface area contributed by atoms with E-state index in [9.17, 15) is 9.90 Å². The summed E-state index contributed by atoms with van der Waals surface area (Å²) in [5.41, 5.74) is 0.174. The Morgan fingerprint density at radius 1 is 1.42 bits per heavy atom. The van der Waals surface area contributed by atoms with Gasteiger partial charge >= 0.3 is 12.0 Å². The molecule has 7 nitrogen and oxygen atoms in total. The monoisotopic (exact) mass is 329 g/mol. The number of anilines is 1. The smallest absolute Gasteiger partial charge is 0.324 e. The molecule has 1 aliphatic heterocycles. The van der Waals surface area contributed by atoms with Crippen molar-refractivity contribution in [3.05, 3.63) is 24.3 Å². The van der Waals surface area contributed by atoms with Gasteiger partial charge in [-0.15, -0.1) is 0 Å². The van der Waals surface area contributed by atoms with E-state index in [0.29, 0.717) is 24.9 Å². The molecule has 2 heterocycles. The number of fused-ring (bicyclic) bond motifs is 1. The van der Waals surface area contributed by atoms with E-state index >= 15 is 0 Å². The van der Waals surface area contributed by atoms with Gasteiger partial charge in [0.2, 0.25) is 5.82 Å². The Morgan fingerprint density at radius 3 is 2.88 bits per heavy atom. The molecule has 2 fully saturated rings. The Hall–Kier alpha value is -2.57. The third kappa shape index (κ3) is 2.23. The minimum Gasteiger partial charge on any atom is -0.497 e. The summed E-state index contributed by atoms with van der Waals surface area (Å²) in [5, 5.41) is 13.7. The number of nitrogens with zero attached hydrogens (tertiary/aromatic N) is 3. The number of benzene rings is 1. The van der Waals surface area contributed by atoms with Crippen LogP contribution < -0.4 is 9.64 Å². The molecule has 4 rings (SSSR count). The summed E-state index contributed by atoms with van der Waals surface area (Å²) in [6, 6.07) is 7.81. The van der Waals surface area contributed by atoms with Crippen LogP contribution in [0, 0.1) is 11.3 Å². The lowest BCUT2D eigenvalue weighted by atomic mass is 9.81. The first-order valence-corrected chi connectivity index (χ1v) is 8.09. The van der Waals surface area contributed by atoms with E-state index in [2.05, 4.69) is 10.1 Å². The van der Waals surface area contributed by atoms with Gasteiger partial charge < -0.3 is 19.3 Å². The third-order valence-electron chi connectivity index (χ3n) is 5.33. The number of carboxylic acid groups (broad SMARTS) is 1. The summed E-state index contributed by atoms with van der Waals surface area (Å²) in [6.07, 6.45) is 2.65. The highest BCUT2D eigenvalue weighted by molar-refractivity contribution is 5.77. The fraction of sp³-hybridized carbons (Fsp3) is 0.471. The van der Waals surface area contributed by atoms with Gasteiger partial charge in [-0.3, -0.25) is 4.79 Å². The molecule has 1 N–H and O–H groups in total. The minimum absolute atomic E-state index is 0.159. The predicted octanol–water partition coefficient (Wildman–Crippen LogP) is 2.44. The summed E-state index contributed by atoms with van der Waals surface area (Å²) < 4.78 is 10.5. The second-order valence-electron chi connectivity index (χ2n) is 6.56. The van der Waals surface area contributed by atoms with Gasteiger partial charge in [-0.05, 0) is 43.0 Å². The molecule has 0 radical (unpaired) electrons. The highest BCUT2D eigenvalue weighted by Gasteiger charge is 2.55. The number of aliphatic carboxylic acids is 1. The summed E-state index contributed by atoms with van der Waals surface area (Å²) in [4.78, 5) is 18.1. The summed E-state index contributed by atoms with van der Waals surface area (Å²) in [7, 11) is 1.62. The van der Waals surface area contributed by atoms with Crippen LogP contribution in [0.3, 0.4) is 0 Å². The zero-order chi connectivity index (χ0) is 16.7. The Morgan fingerprint density at radius 2 is 2.21 bits per heavy atom. The molecule has 1 saturated heterocycles. The van der Waals surface area contributed by atoms with E-state index in [1.165, 1.54) is 0 Å². The van der Waals surface area contributed by atoms with Crippen molar-refractivity contribution in [2.24, 2.45) is 11.3 Å². The second kappa shape index (κ2) is 5.51. The Labute approximate surface area is 139 Å². The molecule has 7 heteroatoms. The average Bonchev–Trinajstić information content (AvgIpc) is 3.28. The molecule has 24 heavy (non-hydrogen) atoms. The normalized spacial score (nSPS) is 25.7. The van der Waals surface area contributed by atoms with Crippen molar-refractivity contribution in [2.45, 2.75) is 19.3 Å². The van der Waals surface area contributed by atoms with Crippen LogP contribution in [0.5, 0.6) is 5.75 Å². The molecule has 2 aliphatic rings. The van der Waals surface area contributed by atoms with Crippen LogP contribution in [0.15, 0.2) is 28.8 Å². The predicted molar refractivity (Wildman–Crippen MR) is 85.9 cm³/mol. The highest BCUT2D eigenvalue weighted by atomic mass is 16.5. The van der Waals surface area contributed by atoms with Crippen LogP contribution in [-0.2, 0) is 4.79 Å². The maximum absolute atomic E-state index is 11.8. The van der Waals surface area contributed by atoms with Gasteiger partial charge in [-0.25, -0.2) is 0 Å². The number of methoxy groups -OCH3 is 1. The fourth-order valence-electron chi connectivity index (χ4n) is 3.99. The van der Waals surface area contributed by atoms with Gasteiger partial charge in [0.25, 0.3) is 0 Å². The van der Waals surface area contributed by atoms with Gasteiger partial charge in [0.1, 0.15) is 5.75 Å². The van der Waals surface area contributed by atoms with Crippen LogP contribution in [-0.4, -0.2) is 41.4 Å². The van der Waals surface area contributed by atoms with Gasteiger partial charge in [-0.2, -0.15) is 4.98 Å². The maximum Gasteiger partial charge on any atom is 0.324 e. The second-order valence-corrected chi connectivity index (χ2v) is 6.56. The molecule has 0 amide bonds. The lowest BCUT2D eigenvalue weighted by Gasteiger charge is -2.22. The number of carboxylic acids is 1. The zero-order valence-corrected chi connectivity index (χ0v) is 13.4. The first-order valence-electron chi connectivity index (χ1n) is 8.09. The van der Waals surface area contributed by atoms with Crippen molar-refractivity contribution < 1.29 is 19.2 Å². The van der Waals surface area contributed by atoms with E-state index in [4.69, 9.17) is 9.26 Å². The number of hydrogen-bond donors (Lipinski definition) is 1.